The number of aliphatic carboxylic acids is 1. The van der Waals surface area contributed by atoms with Gasteiger partial charge in [-0.15, -0.1) is 0 Å². The van der Waals surface area contributed by atoms with Gasteiger partial charge in [0.2, 0.25) is 0 Å². The molecule has 3 nitrogen and oxygen atoms in total. The van der Waals surface area contributed by atoms with Crippen molar-refractivity contribution in [3.05, 3.63) is 0 Å². The first-order valence-electron chi connectivity index (χ1n) is 1.17. The molecule has 0 unspecified atom stereocenters. The second kappa shape index (κ2) is 31.0. The fourth-order valence-corrected chi connectivity index (χ4v) is 0. The fourth-order valence-electron chi connectivity index (χ4n) is 0. The molecule has 0 atom stereocenters. The van der Waals surface area contributed by atoms with Crippen molar-refractivity contribution in [2.45, 2.75) is 0 Å². The number of halogens is 3. The molecule has 0 radical (unpaired) electrons. The molecule has 0 aromatic heterocycles. The first kappa shape index (κ1) is 41.2. The van der Waals surface area contributed by atoms with Crippen molar-refractivity contribution < 1.29 is 73.3 Å². The summed E-state index contributed by atoms with van der Waals surface area (Å²) in [6, 6.07) is 0. The van der Waals surface area contributed by atoms with Gasteiger partial charge in [-0.3, -0.25) is 0 Å². The van der Waals surface area contributed by atoms with Gasteiger partial charge in [0.25, 0.3) is 0 Å². The summed E-state index contributed by atoms with van der Waals surface area (Å²) in [6.45, 7) is -0.389. The number of hydrogen-bond acceptors (Lipinski definition) is 3. The summed E-state index contributed by atoms with van der Waals surface area (Å²) in [6.07, 6.45) is 0. The van der Waals surface area contributed by atoms with Crippen molar-refractivity contribution in [2.24, 2.45) is 5.73 Å². The van der Waals surface area contributed by atoms with Crippen LogP contribution in [0.1, 0.15) is 0 Å². The zero-order valence-electron chi connectivity index (χ0n) is 4.81. The number of hydrogen-bond donors (Lipinski definition) is 1. The minimum absolute atomic E-state index is 0. The number of carbonyl (C=O) groups is 1. The van der Waals surface area contributed by atoms with Gasteiger partial charge in [0.1, 0.15) is 0 Å². The van der Waals surface area contributed by atoms with E-state index in [2.05, 4.69) is 5.73 Å². The second-order valence-electron chi connectivity index (χ2n) is 0.576. The predicted octanol–water partition coefficient (Wildman–Crippen LogP) is -11.7. The van der Waals surface area contributed by atoms with Gasteiger partial charge >= 0.3 is 43.6 Å². The third kappa shape index (κ3) is 53.5. The van der Waals surface area contributed by atoms with Gasteiger partial charge in [-0.05, 0) is 0 Å². The van der Waals surface area contributed by atoms with Gasteiger partial charge in [0, 0.05) is 6.54 Å². The Morgan fingerprint density at radius 1 is 1.30 bits per heavy atom. The number of rotatable bonds is 1. The molecular formula is C2H4AlCl3NO2Zr+3. The Kier molecular flexibility index (Phi) is 127. The van der Waals surface area contributed by atoms with E-state index in [4.69, 9.17) is 9.90 Å². The molecule has 0 saturated carbocycles. The molecule has 0 aliphatic carbocycles. The molecule has 2 N–H and O–H groups in total. The molecule has 10 heavy (non-hydrogen) atoms. The maximum Gasteiger partial charge on any atom is 4.00 e. The summed E-state index contributed by atoms with van der Waals surface area (Å²) < 4.78 is 0. The van der Waals surface area contributed by atoms with E-state index in [1.807, 2.05) is 0 Å². The van der Waals surface area contributed by atoms with Gasteiger partial charge in [0.05, 0.1) is 5.97 Å². The van der Waals surface area contributed by atoms with Gasteiger partial charge in [-0.1, -0.05) is 0 Å². The van der Waals surface area contributed by atoms with E-state index < -0.39 is 5.97 Å². The quantitative estimate of drug-likeness (QED) is 0.489. The number of nitrogens with two attached hydrogens (primary N) is 1. The molecule has 0 aromatic carbocycles. The van der Waals surface area contributed by atoms with E-state index in [1.54, 1.807) is 0 Å². The molecule has 0 saturated heterocycles. The largest absolute Gasteiger partial charge is 4.00 e. The van der Waals surface area contributed by atoms with Gasteiger partial charge < -0.3 is 52.9 Å². The molecular weight excluding hydrogens is 295 g/mol. The van der Waals surface area contributed by atoms with Crippen LogP contribution in [-0.2, 0) is 31.0 Å². The van der Waals surface area contributed by atoms with E-state index in [1.165, 1.54) is 0 Å². The number of carboxylic acids is 1. The maximum absolute atomic E-state index is 9.13. The van der Waals surface area contributed by atoms with Crippen LogP contribution >= 0.6 is 0 Å². The first-order chi connectivity index (χ1) is 2.27. The Labute approximate surface area is 108 Å². The van der Waals surface area contributed by atoms with Gasteiger partial charge in [0.15, 0.2) is 0 Å². The van der Waals surface area contributed by atoms with Crippen molar-refractivity contribution >= 4 is 23.3 Å². The summed E-state index contributed by atoms with van der Waals surface area (Å²) >= 11 is 0. The molecule has 0 fully saturated rings. The number of carboxylic acid groups (broad SMARTS) is 1. The predicted molar refractivity (Wildman–Crippen MR) is 19.8 cm³/mol. The molecule has 0 bridgehead atoms. The van der Waals surface area contributed by atoms with Crippen molar-refractivity contribution in [1.29, 1.82) is 0 Å². The van der Waals surface area contributed by atoms with E-state index in [0.717, 1.165) is 0 Å². The Balaban J connectivity index is -0.00000000800. The van der Waals surface area contributed by atoms with Crippen LogP contribution in [0.4, 0.5) is 0 Å². The van der Waals surface area contributed by atoms with Gasteiger partial charge in [-0.2, -0.15) is 0 Å². The Morgan fingerprint density at radius 2 is 1.40 bits per heavy atom. The third-order valence-electron chi connectivity index (χ3n) is 0.167. The minimum Gasteiger partial charge on any atom is -1.00 e. The van der Waals surface area contributed by atoms with Crippen LogP contribution in [0.3, 0.4) is 0 Å². The van der Waals surface area contributed by atoms with Crippen molar-refractivity contribution in [3.8, 4) is 0 Å². The summed E-state index contributed by atoms with van der Waals surface area (Å²) in [5.74, 6) is -1.22. The third-order valence-corrected chi connectivity index (χ3v) is 0.167. The molecule has 0 aliphatic rings. The van der Waals surface area contributed by atoms with E-state index >= 15 is 0 Å². The Morgan fingerprint density at radius 3 is 1.40 bits per heavy atom. The van der Waals surface area contributed by atoms with E-state index in [9.17, 15) is 0 Å². The van der Waals surface area contributed by atoms with Crippen LogP contribution in [0.5, 0.6) is 0 Å². The molecule has 8 heteroatoms. The second-order valence-corrected chi connectivity index (χ2v) is 0.576. The van der Waals surface area contributed by atoms with Gasteiger partial charge in [-0.25, -0.2) is 0 Å². The first-order valence-corrected chi connectivity index (χ1v) is 1.17. The zero-order chi connectivity index (χ0) is 4.28. The molecule has 0 aromatic rings. The number of carbonyl (C=O) groups excluding carboxylic acids is 1. The minimum atomic E-state index is -1.22. The Hall–Kier alpha value is 1.72. The standard InChI is InChI=1S/C2H5NO2.Al.3ClH.Zr/c3-1-2(4)5;;;;;/h1,3H2,(H,4,5);;3*1H;/q;+3;;;;+4/p-4. The fraction of sp³-hybridized carbons (Fsp3) is 0.500. The maximum atomic E-state index is 9.13. The van der Waals surface area contributed by atoms with Crippen LogP contribution in [-0.4, -0.2) is 29.9 Å². The van der Waals surface area contributed by atoms with Crippen LogP contribution in [0.15, 0.2) is 0 Å². The summed E-state index contributed by atoms with van der Waals surface area (Å²) in [7, 11) is 0. The van der Waals surface area contributed by atoms with Crippen molar-refractivity contribution in [1.82, 2.24) is 0 Å². The normalized spacial score (nSPS) is 3.70. The smallest absolute Gasteiger partial charge is 1.00 e. The topological polar surface area (TPSA) is 66.2 Å². The molecule has 0 heterocycles. The van der Waals surface area contributed by atoms with E-state index in [-0.39, 0.29) is 87.3 Å². The zero-order valence-corrected chi connectivity index (χ0v) is 10.7. The molecule has 54 valence electrons. The van der Waals surface area contributed by atoms with Crippen molar-refractivity contribution in [2.75, 3.05) is 6.54 Å². The molecule has 0 rings (SSSR count). The average molecular weight is 299 g/mol. The monoisotopic (exact) mass is 296 g/mol. The average Bonchev–Trinajstić information content (AvgIpc) is 1.38. The SMILES string of the molecule is NCC(=O)[O-].[Al+3].[Cl-].[Cl-].[Cl-].[Zr+4]. The Bertz CT molecular complexity index is 59.8. The summed E-state index contributed by atoms with van der Waals surface area (Å²) in [5, 5.41) is 9.13. The van der Waals surface area contributed by atoms with Crippen LogP contribution in [0.25, 0.3) is 0 Å². The van der Waals surface area contributed by atoms with E-state index in [0.29, 0.717) is 0 Å². The molecule has 0 aliphatic heterocycles. The molecule has 0 amide bonds. The molecule has 0 spiro atoms. The summed E-state index contributed by atoms with van der Waals surface area (Å²) in [5.41, 5.74) is 4.51. The van der Waals surface area contributed by atoms with Crippen molar-refractivity contribution in [3.63, 3.8) is 0 Å². The van der Waals surface area contributed by atoms with Crippen LogP contribution < -0.4 is 48.1 Å². The van der Waals surface area contributed by atoms with Crippen LogP contribution in [0.2, 0.25) is 0 Å². The summed E-state index contributed by atoms with van der Waals surface area (Å²) in [4.78, 5) is 9.13. The van der Waals surface area contributed by atoms with Crippen LogP contribution in [0, 0.1) is 0 Å².